The molecule has 0 aliphatic heterocycles. The Kier molecular flexibility index (Phi) is 8.90. The third-order valence-electron chi connectivity index (χ3n) is 5.96. The first kappa shape index (κ1) is 30.2. The highest BCUT2D eigenvalue weighted by atomic mass is 32.2. The van der Waals surface area contributed by atoms with E-state index < -0.39 is 30.9 Å². The number of nitrogens with zero attached hydrogens (tertiary/aromatic N) is 1. The second-order valence-electron chi connectivity index (χ2n) is 8.94. The quantitative estimate of drug-likeness (QED) is 0.138. The van der Waals surface area contributed by atoms with Gasteiger partial charge >= 0.3 is 5.97 Å². The van der Waals surface area contributed by atoms with Crippen LogP contribution in [0, 0.1) is 17.0 Å². The molecule has 12 nitrogen and oxygen atoms in total. The van der Waals surface area contributed by atoms with Gasteiger partial charge in [-0.15, -0.1) is 0 Å². The van der Waals surface area contributed by atoms with E-state index in [9.17, 15) is 31.7 Å². The third-order valence-corrected chi connectivity index (χ3v) is 8.75. The molecule has 0 saturated heterocycles. The minimum atomic E-state index is -3.98. The fourth-order valence-corrected chi connectivity index (χ4v) is 5.79. The molecule has 0 bridgehead atoms. The molecule has 0 aliphatic rings. The molecule has 42 heavy (non-hydrogen) atoms. The number of methoxy groups -OCH3 is 1. The number of non-ortho nitro benzene ring substituents is 1. The molecule has 0 aromatic heterocycles. The van der Waals surface area contributed by atoms with Crippen molar-refractivity contribution in [1.82, 2.24) is 4.72 Å². The van der Waals surface area contributed by atoms with Crippen molar-refractivity contribution in [1.29, 1.82) is 0 Å². The number of benzene rings is 4. The summed E-state index contributed by atoms with van der Waals surface area (Å²) in [5.41, 5.74) is 1.21. The summed E-state index contributed by atoms with van der Waals surface area (Å²) in [7, 11) is -6.72. The lowest BCUT2D eigenvalue weighted by atomic mass is 10.1. The lowest BCUT2D eigenvalue weighted by molar-refractivity contribution is -0.384. The smallest absolute Gasteiger partial charge is 0.340 e. The van der Waals surface area contributed by atoms with Crippen LogP contribution in [-0.4, -0.2) is 34.8 Å². The van der Waals surface area contributed by atoms with Gasteiger partial charge in [0, 0.05) is 18.7 Å². The number of rotatable bonds is 11. The van der Waals surface area contributed by atoms with E-state index in [0.29, 0.717) is 11.3 Å². The lowest BCUT2D eigenvalue weighted by Gasteiger charge is -2.14. The van der Waals surface area contributed by atoms with Crippen LogP contribution in [0.2, 0.25) is 0 Å². The van der Waals surface area contributed by atoms with Gasteiger partial charge in [-0.2, -0.15) is 0 Å². The van der Waals surface area contributed by atoms with E-state index in [-0.39, 0.29) is 39.0 Å². The Hall–Kier alpha value is -4.79. The zero-order valence-electron chi connectivity index (χ0n) is 22.3. The van der Waals surface area contributed by atoms with Crippen molar-refractivity contribution in [3.63, 3.8) is 0 Å². The number of carbonyl (C=O) groups is 1. The first-order valence-corrected chi connectivity index (χ1v) is 15.2. The van der Waals surface area contributed by atoms with Crippen molar-refractivity contribution < 1.29 is 36.0 Å². The summed E-state index contributed by atoms with van der Waals surface area (Å²) in [6, 6.07) is 21.4. The molecule has 14 heteroatoms. The number of hydrogen-bond acceptors (Lipinski definition) is 9. The van der Waals surface area contributed by atoms with Crippen LogP contribution in [0.5, 0.6) is 11.5 Å². The zero-order valence-corrected chi connectivity index (χ0v) is 23.9. The van der Waals surface area contributed by atoms with Gasteiger partial charge in [0.2, 0.25) is 10.0 Å². The molecule has 4 rings (SSSR count). The van der Waals surface area contributed by atoms with Crippen molar-refractivity contribution in [3.05, 3.63) is 118 Å². The molecule has 0 unspecified atom stereocenters. The van der Waals surface area contributed by atoms with Crippen LogP contribution < -0.4 is 14.2 Å². The predicted molar refractivity (Wildman–Crippen MR) is 153 cm³/mol. The molecule has 0 fully saturated rings. The second kappa shape index (κ2) is 12.4. The number of aryl methyl sites for hydroxylation is 1. The fourth-order valence-electron chi connectivity index (χ4n) is 3.70. The number of nitro benzene ring substituents is 1. The van der Waals surface area contributed by atoms with Gasteiger partial charge in [0.15, 0.2) is 0 Å². The van der Waals surface area contributed by atoms with E-state index in [1.807, 2.05) is 6.92 Å². The summed E-state index contributed by atoms with van der Waals surface area (Å²) >= 11 is 0. The SMILES string of the molecule is COC(=O)c1cc(Oc2ccc(CNS(=O)(=O)c3ccc([N+](=O)[O-])cc3)cc2)ccc1NS(=O)(=O)c1ccc(C)cc1. The molecular formula is C28H25N3O9S2. The van der Waals surface area contributed by atoms with Crippen molar-refractivity contribution in [2.45, 2.75) is 23.3 Å². The summed E-state index contributed by atoms with van der Waals surface area (Å²) in [5, 5.41) is 10.8. The molecule has 0 spiro atoms. The van der Waals surface area contributed by atoms with Crippen LogP contribution in [0.25, 0.3) is 0 Å². The standard InChI is InChI=1S/C28H25N3O9S2/c1-19-3-12-25(13-4-19)42(37,38)30-27-16-11-23(17-26(27)28(32)39-2)40-22-9-5-20(6-10-22)18-29-41(35,36)24-14-7-21(8-15-24)31(33)34/h3-17,29-30H,18H2,1-2H3. The minimum Gasteiger partial charge on any atom is -0.465 e. The van der Waals surface area contributed by atoms with Gasteiger partial charge < -0.3 is 9.47 Å². The predicted octanol–water partition coefficient (Wildman–Crippen LogP) is 4.76. The first-order chi connectivity index (χ1) is 19.9. The maximum absolute atomic E-state index is 12.9. The van der Waals surface area contributed by atoms with E-state index >= 15 is 0 Å². The Morgan fingerprint density at radius 1 is 0.810 bits per heavy atom. The molecule has 0 saturated carbocycles. The molecule has 4 aromatic carbocycles. The van der Waals surface area contributed by atoms with Crippen LogP contribution in [0.1, 0.15) is 21.5 Å². The Morgan fingerprint density at radius 3 is 1.98 bits per heavy atom. The summed E-state index contributed by atoms with van der Waals surface area (Å²) in [6.07, 6.45) is 0. The zero-order chi connectivity index (χ0) is 30.5. The third kappa shape index (κ3) is 7.28. The highest BCUT2D eigenvalue weighted by Gasteiger charge is 2.21. The number of sulfonamides is 2. The highest BCUT2D eigenvalue weighted by molar-refractivity contribution is 7.92. The molecule has 0 radical (unpaired) electrons. The summed E-state index contributed by atoms with van der Waals surface area (Å²) in [6.45, 7) is 1.78. The molecular weight excluding hydrogens is 586 g/mol. The van der Waals surface area contributed by atoms with Gasteiger partial charge in [0.05, 0.1) is 33.1 Å². The molecule has 0 atom stereocenters. The van der Waals surface area contributed by atoms with Gasteiger partial charge in [-0.1, -0.05) is 29.8 Å². The van der Waals surface area contributed by atoms with Gasteiger partial charge in [-0.3, -0.25) is 14.8 Å². The van der Waals surface area contributed by atoms with Crippen molar-refractivity contribution in [3.8, 4) is 11.5 Å². The topological polar surface area (TPSA) is 171 Å². The molecule has 4 aromatic rings. The van der Waals surface area contributed by atoms with Crippen LogP contribution in [0.3, 0.4) is 0 Å². The number of ether oxygens (including phenoxy) is 2. The number of esters is 1. The Balaban J connectivity index is 1.45. The maximum Gasteiger partial charge on any atom is 0.340 e. The summed E-state index contributed by atoms with van der Waals surface area (Å²) in [4.78, 5) is 22.5. The van der Waals surface area contributed by atoms with E-state index in [0.717, 1.165) is 29.8 Å². The van der Waals surface area contributed by atoms with Gasteiger partial charge in [-0.25, -0.2) is 26.4 Å². The molecule has 0 heterocycles. The molecule has 2 N–H and O–H groups in total. The van der Waals surface area contributed by atoms with Crippen molar-refractivity contribution in [2.24, 2.45) is 0 Å². The maximum atomic E-state index is 12.9. The van der Waals surface area contributed by atoms with Crippen LogP contribution in [0.15, 0.2) is 101 Å². The average molecular weight is 612 g/mol. The average Bonchev–Trinajstić information content (AvgIpc) is 2.97. The second-order valence-corrected chi connectivity index (χ2v) is 12.4. The monoisotopic (exact) mass is 611 g/mol. The van der Waals surface area contributed by atoms with Crippen LogP contribution in [0.4, 0.5) is 11.4 Å². The van der Waals surface area contributed by atoms with Crippen molar-refractivity contribution >= 4 is 37.4 Å². The number of nitrogens with one attached hydrogen (secondary N) is 2. The van der Waals surface area contributed by atoms with Gasteiger partial charge in [-0.05, 0) is 67.1 Å². The number of anilines is 1. The minimum absolute atomic E-state index is 0.00503. The Bertz CT molecular complexity index is 1820. The van der Waals surface area contributed by atoms with Crippen LogP contribution >= 0.6 is 0 Å². The molecule has 218 valence electrons. The normalized spacial score (nSPS) is 11.5. The van der Waals surface area contributed by atoms with E-state index in [1.54, 1.807) is 36.4 Å². The first-order valence-electron chi connectivity index (χ1n) is 12.2. The fraction of sp³-hybridized carbons (Fsp3) is 0.107. The van der Waals surface area contributed by atoms with Gasteiger partial charge in [0.25, 0.3) is 15.7 Å². The van der Waals surface area contributed by atoms with Crippen LogP contribution in [-0.2, 0) is 31.3 Å². The largest absolute Gasteiger partial charge is 0.465 e. The summed E-state index contributed by atoms with van der Waals surface area (Å²) in [5.74, 6) is -0.196. The van der Waals surface area contributed by atoms with E-state index in [4.69, 9.17) is 9.47 Å². The van der Waals surface area contributed by atoms with E-state index in [2.05, 4.69) is 9.44 Å². The highest BCUT2D eigenvalue weighted by Crippen LogP contribution is 2.29. The Morgan fingerprint density at radius 2 is 1.38 bits per heavy atom. The molecule has 0 amide bonds. The lowest BCUT2D eigenvalue weighted by Crippen LogP contribution is -2.23. The number of carbonyl (C=O) groups excluding carboxylic acids is 1. The van der Waals surface area contributed by atoms with Gasteiger partial charge in [0.1, 0.15) is 11.5 Å². The number of nitro groups is 1. The van der Waals surface area contributed by atoms with E-state index in [1.165, 1.54) is 37.4 Å². The Labute approximate surface area is 242 Å². The number of hydrogen-bond donors (Lipinski definition) is 2. The van der Waals surface area contributed by atoms with Crippen molar-refractivity contribution in [2.75, 3.05) is 11.8 Å². The molecule has 0 aliphatic carbocycles. The summed E-state index contributed by atoms with van der Waals surface area (Å²) < 4.78 is 66.2.